The van der Waals surface area contributed by atoms with Crippen LogP contribution in [0.2, 0.25) is 0 Å². The van der Waals surface area contributed by atoms with Gasteiger partial charge in [-0.1, -0.05) is 26.8 Å². The van der Waals surface area contributed by atoms with E-state index in [-0.39, 0.29) is 11.8 Å². The second-order valence-corrected chi connectivity index (χ2v) is 7.75. The van der Waals surface area contributed by atoms with Gasteiger partial charge in [-0.2, -0.15) is 0 Å². The number of nitrogens with one attached hydrogen (secondary N) is 2. The van der Waals surface area contributed by atoms with E-state index in [1.54, 1.807) is 11.3 Å². The Labute approximate surface area is 149 Å². The number of amides is 1. The summed E-state index contributed by atoms with van der Waals surface area (Å²) in [4.78, 5) is 19.7. The fraction of sp³-hybridized carbons (Fsp3) is 0.667. The number of carbonyl (C=O) groups excluding carboxylic acids is 1. The highest BCUT2D eigenvalue weighted by molar-refractivity contribution is 7.10. The molecule has 1 amide bonds. The van der Waals surface area contributed by atoms with Crippen molar-refractivity contribution in [2.24, 2.45) is 10.9 Å². The number of likely N-dealkylation sites (tertiary alicyclic amines) is 1. The first-order valence-corrected chi connectivity index (χ1v) is 9.68. The van der Waals surface area contributed by atoms with Crippen molar-refractivity contribution in [1.82, 2.24) is 15.5 Å². The molecule has 1 aromatic rings. The molecule has 1 unspecified atom stereocenters. The number of aliphatic imine (C=N–C) groups is 1. The first-order chi connectivity index (χ1) is 11.5. The third-order valence-corrected chi connectivity index (χ3v) is 5.57. The molecule has 0 spiro atoms. The molecule has 0 radical (unpaired) electrons. The normalized spacial score (nSPS) is 17.9. The van der Waals surface area contributed by atoms with E-state index in [0.717, 1.165) is 38.4 Å². The first kappa shape index (κ1) is 18.8. The highest BCUT2D eigenvalue weighted by atomic mass is 32.1. The SMILES string of the molecule is CN=C(NCC(C)c1cccs1)NC1CCN(C(=O)C(C)C)CC1. The fourth-order valence-electron chi connectivity index (χ4n) is 2.92. The van der Waals surface area contributed by atoms with Gasteiger partial charge in [-0.15, -0.1) is 11.3 Å². The monoisotopic (exact) mass is 350 g/mol. The lowest BCUT2D eigenvalue weighted by atomic mass is 10.0. The number of hydrogen-bond acceptors (Lipinski definition) is 3. The van der Waals surface area contributed by atoms with Crippen LogP contribution in [0, 0.1) is 5.92 Å². The largest absolute Gasteiger partial charge is 0.356 e. The lowest BCUT2D eigenvalue weighted by molar-refractivity contribution is -0.135. The van der Waals surface area contributed by atoms with Crippen molar-refractivity contribution in [3.8, 4) is 0 Å². The average molecular weight is 351 g/mol. The van der Waals surface area contributed by atoms with Crippen LogP contribution in [0.3, 0.4) is 0 Å². The number of rotatable bonds is 5. The summed E-state index contributed by atoms with van der Waals surface area (Å²) in [5.41, 5.74) is 0. The molecule has 134 valence electrons. The Morgan fingerprint density at radius 2 is 2.08 bits per heavy atom. The van der Waals surface area contributed by atoms with Crippen molar-refractivity contribution >= 4 is 23.2 Å². The molecule has 1 fully saturated rings. The predicted molar refractivity (Wildman–Crippen MR) is 102 cm³/mol. The zero-order valence-corrected chi connectivity index (χ0v) is 16.0. The van der Waals surface area contributed by atoms with Gasteiger partial charge in [-0.05, 0) is 24.3 Å². The number of piperidine rings is 1. The standard InChI is InChI=1S/C18H30N4OS/c1-13(2)17(23)22-9-7-15(8-10-22)21-18(19-4)20-12-14(3)16-6-5-11-24-16/h5-6,11,13-15H,7-10,12H2,1-4H3,(H2,19,20,21). The number of guanidine groups is 1. The minimum Gasteiger partial charge on any atom is -0.356 e. The Bertz CT molecular complexity index is 533. The summed E-state index contributed by atoms with van der Waals surface area (Å²) in [6, 6.07) is 4.65. The molecule has 1 aliphatic rings. The van der Waals surface area contributed by atoms with E-state index in [9.17, 15) is 4.79 Å². The van der Waals surface area contributed by atoms with Crippen molar-refractivity contribution in [3.05, 3.63) is 22.4 Å². The second kappa shape index (κ2) is 9.06. The molecule has 0 bridgehead atoms. The summed E-state index contributed by atoms with van der Waals surface area (Å²) in [7, 11) is 1.81. The zero-order chi connectivity index (χ0) is 17.5. The quantitative estimate of drug-likeness (QED) is 0.634. The number of hydrogen-bond donors (Lipinski definition) is 2. The fourth-order valence-corrected chi connectivity index (χ4v) is 3.71. The third kappa shape index (κ3) is 5.23. The molecule has 0 aliphatic carbocycles. The molecule has 6 heteroatoms. The van der Waals surface area contributed by atoms with Crippen LogP contribution in [0.1, 0.15) is 44.4 Å². The van der Waals surface area contributed by atoms with Crippen molar-refractivity contribution in [2.45, 2.75) is 45.6 Å². The van der Waals surface area contributed by atoms with E-state index >= 15 is 0 Å². The van der Waals surface area contributed by atoms with Gasteiger partial charge in [-0.3, -0.25) is 9.79 Å². The molecule has 24 heavy (non-hydrogen) atoms. The lowest BCUT2D eigenvalue weighted by Gasteiger charge is -2.34. The van der Waals surface area contributed by atoms with Gasteiger partial charge in [0.2, 0.25) is 5.91 Å². The van der Waals surface area contributed by atoms with Crippen molar-refractivity contribution in [2.75, 3.05) is 26.7 Å². The van der Waals surface area contributed by atoms with E-state index in [4.69, 9.17) is 0 Å². The van der Waals surface area contributed by atoms with Crippen LogP contribution in [0.5, 0.6) is 0 Å². The molecular weight excluding hydrogens is 320 g/mol. The van der Waals surface area contributed by atoms with Gasteiger partial charge in [0, 0.05) is 49.4 Å². The maximum absolute atomic E-state index is 12.0. The van der Waals surface area contributed by atoms with Gasteiger partial charge in [0.1, 0.15) is 0 Å². The Kier molecular flexibility index (Phi) is 7.09. The highest BCUT2D eigenvalue weighted by Crippen LogP contribution is 2.19. The van der Waals surface area contributed by atoms with Crippen LogP contribution in [-0.4, -0.2) is 49.5 Å². The van der Waals surface area contributed by atoms with Gasteiger partial charge >= 0.3 is 0 Å². The third-order valence-electron chi connectivity index (χ3n) is 4.47. The minimum atomic E-state index is 0.0858. The summed E-state index contributed by atoms with van der Waals surface area (Å²) in [6.07, 6.45) is 1.94. The molecule has 2 N–H and O–H groups in total. The maximum atomic E-state index is 12.0. The summed E-state index contributed by atoms with van der Waals surface area (Å²) >= 11 is 1.79. The summed E-state index contributed by atoms with van der Waals surface area (Å²) < 4.78 is 0. The van der Waals surface area contributed by atoms with E-state index in [0.29, 0.717) is 12.0 Å². The summed E-state index contributed by atoms with van der Waals surface area (Å²) in [5.74, 6) is 1.67. The number of carbonyl (C=O) groups is 1. The predicted octanol–water partition coefficient (Wildman–Crippen LogP) is 2.66. The Morgan fingerprint density at radius 3 is 2.62 bits per heavy atom. The van der Waals surface area contributed by atoms with E-state index in [1.165, 1.54) is 4.88 Å². The Hall–Kier alpha value is -1.56. The highest BCUT2D eigenvalue weighted by Gasteiger charge is 2.24. The molecule has 1 aromatic heterocycles. The first-order valence-electron chi connectivity index (χ1n) is 8.80. The number of thiophene rings is 1. The molecule has 1 atom stereocenters. The van der Waals surface area contributed by atoms with Crippen molar-refractivity contribution < 1.29 is 4.79 Å². The van der Waals surface area contributed by atoms with Gasteiger partial charge in [0.05, 0.1) is 0 Å². The maximum Gasteiger partial charge on any atom is 0.225 e. The molecule has 0 saturated carbocycles. The zero-order valence-electron chi connectivity index (χ0n) is 15.2. The van der Waals surface area contributed by atoms with Gasteiger partial charge in [-0.25, -0.2) is 0 Å². The van der Waals surface area contributed by atoms with E-state index in [2.05, 4.69) is 40.1 Å². The minimum absolute atomic E-state index is 0.0858. The molecule has 1 aliphatic heterocycles. The van der Waals surface area contributed by atoms with Gasteiger partial charge in [0.15, 0.2) is 5.96 Å². The van der Waals surface area contributed by atoms with Crippen molar-refractivity contribution in [3.63, 3.8) is 0 Å². The second-order valence-electron chi connectivity index (χ2n) is 6.77. The summed E-state index contributed by atoms with van der Waals surface area (Å²) in [5, 5.41) is 9.04. The molecule has 0 aromatic carbocycles. The van der Waals surface area contributed by atoms with E-state index < -0.39 is 0 Å². The van der Waals surface area contributed by atoms with Crippen LogP contribution in [0.15, 0.2) is 22.5 Å². The van der Waals surface area contributed by atoms with Crippen LogP contribution in [-0.2, 0) is 4.79 Å². The smallest absolute Gasteiger partial charge is 0.225 e. The van der Waals surface area contributed by atoms with Crippen LogP contribution in [0.4, 0.5) is 0 Å². The number of nitrogens with zero attached hydrogens (tertiary/aromatic N) is 2. The summed E-state index contributed by atoms with van der Waals surface area (Å²) in [6.45, 7) is 8.68. The van der Waals surface area contributed by atoms with E-state index in [1.807, 2.05) is 25.8 Å². The topological polar surface area (TPSA) is 56.7 Å². The molecular formula is C18H30N4OS. The van der Waals surface area contributed by atoms with Crippen molar-refractivity contribution in [1.29, 1.82) is 0 Å². The van der Waals surface area contributed by atoms with Crippen LogP contribution in [0.25, 0.3) is 0 Å². The Balaban J connectivity index is 1.75. The molecule has 2 heterocycles. The molecule has 2 rings (SSSR count). The molecule has 1 saturated heterocycles. The molecule has 5 nitrogen and oxygen atoms in total. The van der Waals surface area contributed by atoms with Gasteiger partial charge < -0.3 is 15.5 Å². The average Bonchev–Trinajstić information content (AvgIpc) is 3.12. The Morgan fingerprint density at radius 1 is 1.38 bits per heavy atom. The van der Waals surface area contributed by atoms with Gasteiger partial charge in [0.25, 0.3) is 0 Å². The lowest BCUT2D eigenvalue weighted by Crippen LogP contribution is -2.50. The van der Waals surface area contributed by atoms with Crippen LogP contribution < -0.4 is 10.6 Å². The van der Waals surface area contributed by atoms with Crippen LogP contribution >= 0.6 is 11.3 Å².